The number of fused-ring (bicyclic) bond motifs is 1. The van der Waals surface area contributed by atoms with E-state index in [1.165, 1.54) is 0 Å². The summed E-state index contributed by atoms with van der Waals surface area (Å²) in [4.78, 5) is 6.65. The number of imidazole rings is 1. The molecule has 1 aliphatic rings. The summed E-state index contributed by atoms with van der Waals surface area (Å²) in [5, 5.41) is 10.5. The van der Waals surface area contributed by atoms with E-state index in [0.29, 0.717) is 0 Å². The summed E-state index contributed by atoms with van der Waals surface area (Å²) in [6, 6.07) is 9.95. The number of aromatic nitrogens is 2. The first kappa shape index (κ1) is 12.4. The summed E-state index contributed by atoms with van der Waals surface area (Å²) < 4.78 is 2.18. The molecule has 0 saturated heterocycles. The zero-order valence-electron chi connectivity index (χ0n) is 11.1. The van der Waals surface area contributed by atoms with Gasteiger partial charge in [-0.05, 0) is 12.5 Å². The van der Waals surface area contributed by atoms with Gasteiger partial charge in [-0.25, -0.2) is 4.98 Å². The lowest BCUT2D eigenvalue weighted by Crippen LogP contribution is -2.42. The third kappa shape index (κ3) is 2.41. The Kier molecular flexibility index (Phi) is 3.36. The van der Waals surface area contributed by atoms with Crippen molar-refractivity contribution in [1.82, 2.24) is 14.5 Å². The van der Waals surface area contributed by atoms with E-state index in [1.807, 2.05) is 42.7 Å². The first-order valence-corrected chi connectivity index (χ1v) is 6.73. The van der Waals surface area contributed by atoms with Crippen molar-refractivity contribution in [3.8, 4) is 0 Å². The Morgan fingerprint density at radius 1 is 1.21 bits per heavy atom. The molecule has 2 aromatic rings. The molecule has 0 spiro atoms. The molecule has 0 amide bonds. The maximum absolute atomic E-state index is 10.5. The summed E-state index contributed by atoms with van der Waals surface area (Å²) in [6.07, 6.45) is 3.41. The van der Waals surface area contributed by atoms with E-state index in [9.17, 15) is 5.11 Å². The number of nitrogens with zero attached hydrogens (tertiary/aromatic N) is 3. The number of aliphatic hydroxyl groups is 1. The summed E-state index contributed by atoms with van der Waals surface area (Å²) in [5.74, 6) is 1.08. The van der Waals surface area contributed by atoms with Crippen molar-refractivity contribution in [2.45, 2.75) is 32.2 Å². The Morgan fingerprint density at radius 3 is 2.79 bits per heavy atom. The molecule has 2 heterocycles. The van der Waals surface area contributed by atoms with Crippen molar-refractivity contribution >= 4 is 0 Å². The van der Waals surface area contributed by atoms with Crippen LogP contribution in [0.1, 0.15) is 24.4 Å². The fraction of sp³-hybridized carbons (Fsp3) is 0.400. The van der Waals surface area contributed by atoms with Crippen molar-refractivity contribution < 1.29 is 5.11 Å². The molecule has 2 unspecified atom stereocenters. The van der Waals surface area contributed by atoms with Gasteiger partial charge in [0.1, 0.15) is 5.82 Å². The van der Waals surface area contributed by atoms with Crippen molar-refractivity contribution in [2.75, 3.05) is 6.54 Å². The van der Waals surface area contributed by atoms with Crippen LogP contribution in [0.15, 0.2) is 42.7 Å². The van der Waals surface area contributed by atoms with Gasteiger partial charge in [0, 0.05) is 31.5 Å². The third-order valence-electron chi connectivity index (χ3n) is 3.95. The number of benzene rings is 1. The molecule has 0 aliphatic carbocycles. The first-order valence-electron chi connectivity index (χ1n) is 6.73. The van der Waals surface area contributed by atoms with Gasteiger partial charge in [0.2, 0.25) is 0 Å². The van der Waals surface area contributed by atoms with Crippen LogP contribution in [0.5, 0.6) is 0 Å². The van der Waals surface area contributed by atoms with Crippen molar-refractivity contribution in [3.05, 3.63) is 54.1 Å². The number of hydrogen-bond donors (Lipinski definition) is 1. The van der Waals surface area contributed by atoms with Gasteiger partial charge in [-0.15, -0.1) is 0 Å². The second-order valence-electron chi connectivity index (χ2n) is 5.10. The van der Waals surface area contributed by atoms with E-state index in [1.54, 1.807) is 0 Å². The van der Waals surface area contributed by atoms with Crippen LogP contribution in [0.4, 0.5) is 0 Å². The summed E-state index contributed by atoms with van der Waals surface area (Å²) >= 11 is 0. The Bertz CT molecular complexity index is 537. The molecular formula is C15H19N3O. The Morgan fingerprint density at radius 2 is 2.00 bits per heavy atom. The Balaban J connectivity index is 1.73. The van der Waals surface area contributed by atoms with Crippen molar-refractivity contribution in [1.29, 1.82) is 0 Å². The van der Waals surface area contributed by atoms with E-state index in [0.717, 1.165) is 31.0 Å². The molecule has 1 aliphatic heterocycles. The SMILES string of the molecule is CC(C(O)c1ccccc1)N1CCn2ccnc2C1. The van der Waals surface area contributed by atoms with Gasteiger partial charge in [-0.1, -0.05) is 30.3 Å². The van der Waals surface area contributed by atoms with Gasteiger partial charge >= 0.3 is 0 Å². The van der Waals surface area contributed by atoms with Crippen molar-refractivity contribution in [2.24, 2.45) is 0 Å². The van der Waals surface area contributed by atoms with E-state index in [-0.39, 0.29) is 6.04 Å². The lowest BCUT2D eigenvalue weighted by molar-refractivity contribution is 0.0416. The van der Waals surface area contributed by atoms with Crippen LogP contribution in [-0.4, -0.2) is 32.1 Å². The summed E-state index contributed by atoms with van der Waals surface area (Å²) in [5.41, 5.74) is 0.976. The fourth-order valence-electron chi connectivity index (χ4n) is 2.67. The molecule has 0 saturated carbocycles. The lowest BCUT2D eigenvalue weighted by atomic mass is 10.0. The molecule has 1 aromatic heterocycles. The predicted molar refractivity (Wildman–Crippen MR) is 73.5 cm³/mol. The zero-order chi connectivity index (χ0) is 13.2. The zero-order valence-corrected chi connectivity index (χ0v) is 11.1. The molecule has 3 rings (SSSR count). The normalized spacial score (nSPS) is 18.8. The number of rotatable bonds is 3. The second-order valence-corrected chi connectivity index (χ2v) is 5.10. The summed E-state index contributed by atoms with van der Waals surface area (Å²) in [7, 11) is 0. The molecule has 2 atom stereocenters. The standard InChI is InChI=1S/C15H19N3O/c1-12(15(19)13-5-3-2-4-6-13)18-10-9-17-8-7-16-14(17)11-18/h2-8,12,15,19H,9-11H2,1H3. The van der Waals surface area contributed by atoms with E-state index in [2.05, 4.69) is 21.4 Å². The molecular weight excluding hydrogens is 238 g/mol. The highest BCUT2D eigenvalue weighted by Crippen LogP contribution is 2.23. The molecule has 1 N–H and O–H groups in total. The van der Waals surface area contributed by atoms with Crippen molar-refractivity contribution in [3.63, 3.8) is 0 Å². The average molecular weight is 257 g/mol. The van der Waals surface area contributed by atoms with Gasteiger partial charge in [0.05, 0.1) is 12.6 Å². The van der Waals surface area contributed by atoms with Gasteiger partial charge in [-0.3, -0.25) is 4.90 Å². The Hall–Kier alpha value is -1.65. The largest absolute Gasteiger partial charge is 0.387 e. The highest BCUT2D eigenvalue weighted by molar-refractivity contribution is 5.18. The van der Waals surface area contributed by atoms with Crippen LogP contribution in [0.2, 0.25) is 0 Å². The molecule has 0 radical (unpaired) electrons. The average Bonchev–Trinajstić information content (AvgIpc) is 2.94. The number of aliphatic hydroxyl groups excluding tert-OH is 1. The monoisotopic (exact) mass is 257 g/mol. The maximum atomic E-state index is 10.5. The molecule has 19 heavy (non-hydrogen) atoms. The summed E-state index contributed by atoms with van der Waals surface area (Å²) in [6.45, 7) is 4.78. The molecule has 1 aromatic carbocycles. The van der Waals surface area contributed by atoms with Crippen LogP contribution in [-0.2, 0) is 13.1 Å². The minimum atomic E-state index is -0.456. The molecule has 4 nitrogen and oxygen atoms in total. The fourth-order valence-corrected chi connectivity index (χ4v) is 2.67. The number of hydrogen-bond acceptors (Lipinski definition) is 3. The maximum Gasteiger partial charge on any atom is 0.122 e. The molecule has 4 heteroatoms. The third-order valence-corrected chi connectivity index (χ3v) is 3.95. The minimum Gasteiger partial charge on any atom is -0.387 e. The van der Waals surface area contributed by atoms with Gasteiger partial charge in [-0.2, -0.15) is 0 Å². The minimum absolute atomic E-state index is 0.0906. The van der Waals surface area contributed by atoms with Crippen LogP contribution in [0.25, 0.3) is 0 Å². The molecule has 100 valence electrons. The van der Waals surface area contributed by atoms with Crippen LogP contribution in [0.3, 0.4) is 0 Å². The Labute approximate surface area is 113 Å². The lowest BCUT2D eigenvalue weighted by Gasteiger charge is -2.35. The van der Waals surface area contributed by atoms with E-state index >= 15 is 0 Å². The van der Waals surface area contributed by atoms with Gasteiger partial charge < -0.3 is 9.67 Å². The quantitative estimate of drug-likeness (QED) is 0.912. The predicted octanol–water partition coefficient (Wildman–Crippen LogP) is 1.82. The van der Waals surface area contributed by atoms with E-state index in [4.69, 9.17) is 0 Å². The molecule has 0 bridgehead atoms. The topological polar surface area (TPSA) is 41.3 Å². The van der Waals surface area contributed by atoms with Crippen LogP contribution < -0.4 is 0 Å². The van der Waals surface area contributed by atoms with E-state index < -0.39 is 6.10 Å². The highest BCUT2D eigenvalue weighted by Gasteiger charge is 2.26. The van der Waals surface area contributed by atoms with Crippen LogP contribution in [0, 0.1) is 0 Å². The van der Waals surface area contributed by atoms with Gasteiger partial charge in [0.15, 0.2) is 0 Å². The van der Waals surface area contributed by atoms with Gasteiger partial charge in [0.25, 0.3) is 0 Å². The smallest absolute Gasteiger partial charge is 0.122 e. The highest BCUT2D eigenvalue weighted by atomic mass is 16.3. The first-order chi connectivity index (χ1) is 9.25. The van der Waals surface area contributed by atoms with Crippen LogP contribution >= 0.6 is 0 Å². The second kappa shape index (κ2) is 5.15. The molecule has 0 fully saturated rings.